The van der Waals surface area contributed by atoms with Crippen LogP contribution in [0.5, 0.6) is 0 Å². The van der Waals surface area contributed by atoms with Crippen LogP contribution in [0.3, 0.4) is 0 Å². The van der Waals surface area contributed by atoms with E-state index in [9.17, 15) is 9.59 Å². The average Bonchev–Trinajstić information content (AvgIpc) is 3.07. The summed E-state index contributed by atoms with van der Waals surface area (Å²) in [5, 5.41) is 2.78. The standard InChI is InChI=1S/C24H32N6O2/c1-17-23(29(6)15-19-7-10-21(11-8-19)26-18(2)31)30-16-20(9-12-22(30)25-17)24(32)28(5)14-13-27(3)4/h7-12,16H,13-15H2,1-6H3,(H,26,31). The van der Waals surface area contributed by atoms with Gasteiger partial charge in [0.25, 0.3) is 5.91 Å². The van der Waals surface area contributed by atoms with Gasteiger partial charge in [-0.1, -0.05) is 12.1 Å². The van der Waals surface area contributed by atoms with Gasteiger partial charge in [0.2, 0.25) is 5.91 Å². The molecule has 0 unspecified atom stereocenters. The summed E-state index contributed by atoms with van der Waals surface area (Å²) in [5.74, 6) is 0.840. The first-order chi connectivity index (χ1) is 15.2. The van der Waals surface area contributed by atoms with E-state index < -0.39 is 0 Å². The molecule has 0 saturated heterocycles. The second kappa shape index (κ2) is 9.82. The highest BCUT2D eigenvalue weighted by atomic mass is 16.2. The summed E-state index contributed by atoms with van der Waals surface area (Å²) in [7, 11) is 7.82. The lowest BCUT2D eigenvalue weighted by Crippen LogP contribution is -2.33. The van der Waals surface area contributed by atoms with Gasteiger partial charge in [-0.25, -0.2) is 4.98 Å². The van der Waals surface area contributed by atoms with Crippen LogP contribution in [0.4, 0.5) is 11.5 Å². The molecule has 0 spiro atoms. The molecule has 0 aliphatic heterocycles. The van der Waals surface area contributed by atoms with Crippen molar-refractivity contribution in [2.45, 2.75) is 20.4 Å². The number of hydrogen-bond acceptors (Lipinski definition) is 5. The Morgan fingerprint density at radius 2 is 1.69 bits per heavy atom. The summed E-state index contributed by atoms with van der Waals surface area (Å²) in [6.07, 6.45) is 1.87. The fraction of sp³-hybridized carbons (Fsp3) is 0.375. The fourth-order valence-electron chi connectivity index (χ4n) is 3.65. The molecule has 1 N–H and O–H groups in total. The monoisotopic (exact) mass is 436 g/mol. The Labute approximate surface area is 189 Å². The van der Waals surface area contributed by atoms with E-state index >= 15 is 0 Å². The molecule has 2 aromatic heterocycles. The third kappa shape index (κ3) is 5.45. The number of fused-ring (bicyclic) bond motifs is 1. The Morgan fingerprint density at radius 3 is 2.31 bits per heavy atom. The molecule has 1 aromatic carbocycles. The fourth-order valence-corrected chi connectivity index (χ4v) is 3.65. The Balaban J connectivity index is 1.83. The lowest BCUT2D eigenvalue weighted by molar-refractivity contribution is -0.114. The van der Waals surface area contributed by atoms with Gasteiger partial charge in [-0.3, -0.25) is 14.0 Å². The molecule has 0 radical (unpaired) electrons. The number of carbonyl (C=O) groups excluding carboxylic acids is 2. The molecule has 0 bridgehead atoms. The number of aryl methyl sites for hydroxylation is 1. The number of aromatic nitrogens is 2. The van der Waals surface area contributed by atoms with Crippen LogP contribution in [0.25, 0.3) is 5.65 Å². The maximum absolute atomic E-state index is 12.9. The number of anilines is 2. The van der Waals surface area contributed by atoms with Crippen LogP contribution in [0.2, 0.25) is 0 Å². The van der Waals surface area contributed by atoms with Gasteiger partial charge in [-0.05, 0) is 50.8 Å². The average molecular weight is 437 g/mol. The minimum absolute atomic E-state index is 0.0118. The van der Waals surface area contributed by atoms with E-state index in [1.54, 1.807) is 4.90 Å². The topological polar surface area (TPSA) is 73.2 Å². The van der Waals surface area contributed by atoms with Crippen LogP contribution in [-0.4, -0.2) is 72.3 Å². The number of nitrogens with one attached hydrogen (secondary N) is 1. The van der Waals surface area contributed by atoms with Gasteiger partial charge >= 0.3 is 0 Å². The van der Waals surface area contributed by atoms with Crippen molar-refractivity contribution in [1.29, 1.82) is 0 Å². The molecule has 32 heavy (non-hydrogen) atoms. The highest BCUT2D eigenvalue weighted by Gasteiger charge is 2.17. The molecule has 2 heterocycles. The van der Waals surface area contributed by atoms with E-state index in [4.69, 9.17) is 0 Å². The zero-order chi connectivity index (χ0) is 23.4. The Hall–Kier alpha value is -3.39. The predicted molar refractivity (Wildman–Crippen MR) is 128 cm³/mol. The normalized spacial score (nSPS) is 11.1. The zero-order valence-corrected chi connectivity index (χ0v) is 19.7. The quantitative estimate of drug-likeness (QED) is 0.588. The number of likely N-dealkylation sites (N-methyl/N-ethyl adjacent to an activating group) is 2. The molecule has 0 atom stereocenters. The number of nitrogens with zero attached hydrogens (tertiary/aromatic N) is 5. The van der Waals surface area contributed by atoms with Crippen molar-refractivity contribution in [1.82, 2.24) is 19.2 Å². The summed E-state index contributed by atoms with van der Waals surface area (Å²) < 4.78 is 1.98. The third-order valence-electron chi connectivity index (χ3n) is 5.29. The number of pyridine rings is 1. The van der Waals surface area contributed by atoms with Gasteiger partial charge in [0.1, 0.15) is 11.5 Å². The van der Waals surface area contributed by atoms with Gasteiger partial charge in [0.15, 0.2) is 0 Å². The Bertz CT molecular complexity index is 1100. The predicted octanol–water partition coefficient (Wildman–Crippen LogP) is 2.87. The van der Waals surface area contributed by atoms with Gasteiger partial charge in [-0.15, -0.1) is 0 Å². The smallest absolute Gasteiger partial charge is 0.255 e. The number of hydrogen-bond donors (Lipinski definition) is 1. The maximum atomic E-state index is 12.9. The summed E-state index contributed by atoms with van der Waals surface area (Å²) in [6.45, 7) is 5.60. The second-order valence-electron chi connectivity index (χ2n) is 8.43. The van der Waals surface area contributed by atoms with Gasteiger partial charge in [0.05, 0.1) is 11.3 Å². The van der Waals surface area contributed by atoms with Crippen LogP contribution < -0.4 is 10.2 Å². The maximum Gasteiger partial charge on any atom is 0.255 e. The highest BCUT2D eigenvalue weighted by molar-refractivity contribution is 5.94. The number of benzene rings is 1. The lowest BCUT2D eigenvalue weighted by atomic mass is 10.2. The minimum atomic E-state index is -0.0890. The molecule has 170 valence electrons. The summed E-state index contributed by atoms with van der Waals surface area (Å²) in [6, 6.07) is 11.5. The van der Waals surface area contributed by atoms with E-state index in [-0.39, 0.29) is 11.8 Å². The van der Waals surface area contributed by atoms with Crippen molar-refractivity contribution in [3.63, 3.8) is 0 Å². The van der Waals surface area contributed by atoms with E-state index in [1.807, 2.05) is 82.1 Å². The van der Waals surface area contributed by atoms with Crippen LogP contribution >= 0.6 is 0 Å². The molecule has 3 rings (SSSR count). The number of amides is 2. The van der Waals surface area contributed by atoms with E-state index in [0.717, 1.165) is 35.0 Å². The highest BCUT2D eigenvalue weighted by Crippen LogP contribution is 2.24. The molecule has 0 aliphatic carbocycles. The first-order valence-electron chi connectivity index (χ1n) is 10.6. The van der Waals surface area contributed by atoms with E-state index in [2.05, 4.69) is 20.1 Å². The van der Waals surface area contributed by atoms with Gasteiger partial charge in [0, 0.05) is 52.5 Å². The molecule has 0 fully saturated rings. The Kier molecular flexibility index (Phi) is 7.15. The lowest BCUT2D eigenvalue weighted by Gasteiger charge is -2.21. The summed E-state index contributed by atoms with van der Waals surface area (Å²) in [4.78, 5) is 34.7. The molecular formula is C24H32N6O2. The molecular weight excluding hydrogens is 404 g/mol. The van der Waals surface area contributed by atoms with Crippen LogP contribution in [-0.2, 0) is 11.3 Å². The molecule has 8 nitrogen and oxygen atoms in total. The van der Waals surface area contributed by atoms with Crippen LogP contribution in [0, 0.1) is 6.92 Å². The first kappa shape index (κ1) is 23.3. The van der Waals surface area contributed by atoms with Crippen molar-refractivity contribution in [3.05, 3.63) is 59.4 Å². The van der Waals surface area contributed by atoms with E-state index in [1.165, 1.54) is 6.92 Å². The number of rotatable bonds is 8. The Morgan fingerprint density at radius 1 is 1.00 bits per heavy atom. The molecule has 2 amide bonds. The van der Waals surface area contributed by atoms with Crippen molar-refractivity contribution >= 4 is 29.0 Å². The van der Waals surface area contributed by atoms with Crippen LogP contribution in [0.1, 0.15) is 28.5 Å². The second-order valence-corrected chi connectivity index (χ2v) is 8.43. The number of imidazole rings is 1. The van der Waals surface area contributed by atoms with Crippen molar-refractivity contribution < 1.29 is 9.59 Å². The van der Waals surface area contributed by atoms with Crippen molar-refractivity contribution in [2.75, 3.05) is 51.5 Å². The zero-order valence-electron chi connectivity index (χ0n) is 19.7. The summed E-state index contributed by atoms with van der Waals surface area (Å²) >= 11 is 0. The SMILES string of the molecule is CC(=O)Nc1ccc(CN(C)c2c(C)nc3ccc(C(=O)N(C)CCN(C)C)cn23)cc1. The summed E-state index contributed by atoms with van der Waals surface area (Å²) in [5.41, 5.74) is 4.21. The minimum Gasteiger partial charge on any atom is -0.355 e. The van der Waals surface area contributed by atoms with Crippen LogP contribution in [0.15, 0.2) is 42.6 Å². The first-order valence-corrected chi connectivity index (χ1v) is 10.6. The molecule has 0 aliphatic rings. The van der Waals surface area contributed by atoms with Crippen molar-refractivity contribution in [2.24, 2.45) is 0 Å². The third-order valence-corrected chi connectivity index (χ3v) is 5.29. The number of carbonyl (C=O) groups is 2. The van der Waals surface area contributed by atoms with Gasteiger partial charge in [-0.2, -0.15) is 0 Å². The van der Waals surface area contributed by atoms with E-state index in [0.29, 0.717) is 18.7 Å². The largest absolute Gasteiger partial charge is 0.355 e. The molecule has 8 heteroatoms. The molecule has 3 aromatic rings. The van der Waals surface area contributed by atoms with Gasteiger partial charge < -0.3 is 20.0 Å². The van der Waals surface area contributed by atoms with Crippen molar-refractivity contribution in [3.8, 4) is 0 Å². The molecule has 0 saturated carbocycles.